The van der Waals surface area contributed by atoms with Crippen LogP contribution in [0, 0.1) is 0 Å². The maximum Gasteiger partial charge on any atom is 0.515 e. The molecule has 0 radical (unpaired) electrons. The van der Waals surface area contributed by atoms with Crippen LogP contribution in [-0.2, 0) is 9.31 Å². The van der Waals surface area contributed by atoms with Crippen molar-refractivity contribution in [2.75, 3.05) is 0 Å². The maximum atomic E-state index is 5.98. The van der Waals surface area contributed by atoms with Crippen LogP contribution >= 0.6 is 11.3 Å². The highest BCUT2D eigenvalue weighted by atomic mass is 32.1. The normalized spacial score (nSPS) is 25.4. The highest BCUT2D eigenvalue weighted by Gasteiger charge is 2.52. The SMILES string of the molecule is CC1(C)OB(c2csc(OC3CCC3)n2)OC1(C)C. The fraction of sp³-hybridized carbons (Fsp3) is 0.769. The molecule has 0 spiro atoms. The zero-order valence-electron chi connectivity index (χ0n) is 11.9. The Hall–Kier alpha value is -0.585. The van der Waals surface area contributed by atoms with Crippen LogP contribution in [0.4, 0.5) is 0 Å². The Kier molecular flexibility index (Phi) is 3.15. The molecule has 19 heavy (non-hydrogen) atoms. The van der Waals surface area contributed by atoms with Gasteiger partial charge in [0.2, 0.25) is 0 Å². The van der Waals surface area contributed by atoms with E-state index < -0.39 is 0 Å². The quantitative estimate of drug-likeness (QED) is 0.798. The minimum atomic E-state index is -0.389. The first kappa shape index (κ1) is 13.4. The van der Waals surface area contributed by atoms with E-state index >= 15 is 0 Å². The minimum absolute atomic E-state index is 0.323. The van der Waals surface area contributed by atoms with Crippen molar-refractivity contribution in [1.29, 1.82) is 0 Å². The van der Waals surface area contributed by atoms with Crippen LogP contribution in [-0.4, -0.2) is 29.4 Å². The van der Waals surface area contributed by atoms with E-state index in [1.54, 1.807) is 0 Å². The van der Waals surface area contributed by atoms with Crippen molar-refractivity contribution >= 4 is 24.0 Å². The Labute approximate surface area is 118 Å². The van der Waals surface area contributed by atoms with Gasteiger partial charge < -0.3 is 14.0 Å². The number of hydrogen-bond donors (Lipinski definition) is 0. The van der Waals surface area contributed by atoms with Gasteiger partial charge in [-0.1, -0.05) is 11.3 Å². The lowest BCUT2D eigenvalue weighted by Gasteiger charge is -2.32. The molecule has 1 saturated carbocycles. The van der Waals surface area contributed by atoms with Crippen molar-refractivity contribution in [2.24, 2.45) is 0 Å². The molecule has 1 aliphatic heterocycles. The van der Waals surface area contributed by atoms with Gasteiger partial charge in [0.15, 0.2) is 0 Å². The van der Waals surface area contributed by atoms with Crippen molar-refractivity contribution in [3.05, 3.63) is 5.38 Å². The summed E-state index contributed by atoms with van der Waals surface area (Å²) in [4.78, 5) is 4.49. The van der Waals surface area contributed by atoms with Crippen molar-refractivity contribution < 1.29 is 14.0 Å². The van der Waals surface area contributed by atoms with E-state index in [1.807, 2.05) is 33.1 Å². The molecule has 0 N–H and O–H groups in total. The van der Waals surface area contributed by atoms with Gasteiger partial charge in [-0.2, -0.15) is 0 Å². The fourth-order valence-corrected chi connectivity index (χ4v) is 2.76. The summed E-state index contributed by atoms with van der Waals surface area (Å²) in [5.41, 5.74) is 0.171. The van der Waals surface area contributed by atoms with Crippen LogP contribution in [0.1, 0.15) is 47.0 Å². The Morgan fingerprint density at radius 2 is 1.89 bits per heavy atom. The second-order valence-corrected chi connectivity index (χ2v) is 7.12. The molecule has 1 saturated heterocycles. The topological polar surface area (TPSA) is 40.6 Å². The Bertz CT molecular complexity index is 454. The molecule has 1 aromatic heterocycles. The summed E-state index contributed by atoms with van der Waals surface area (Å²) < 4.78 is 17.7. The number of aromatic nitrogens is 1. The minimum Gasteiger partial charge on any atom is -0.467 e. The molecule has 0 amide bonds. The van der Waals surface area contributed by atoms with E-state index in [4.69, 9.17) is 14.0 Å². The molecule has 4 nitrogen and oxygen atoms in total. The summed E-state index contributed by atoms with van der Waals surface area (Å²) in [6, 6.07) is 0. The van der Waals surface area contributed by atoms with Gasteiger partial charge in [-0.15, -0.1) is 0 Å². The van der Waals surface area contributed by atoms with Gasteiger partial charge in [0.25, 0.3) is 5.19 Å². The maximum absolute atomic E-state index is 5.98. The number of ether oxygens (including phenoxy) is 1. The van der Waals surface area contributed by atoms with Gasteiger partial charge in [-0.25, -0.2) is 4.98 Å². The van der Waals surface area contributed by atoms with E-state index in [0.717, 1.165) is 23.6 Å². The van der Waals surface area contributed by atoms with E-state index in [0.29, 0.717) is 6.10 Å². The second kappa shape index (κ2) is 4.47. The molecule has 2 heterocycles. The first-order chi connectivity index (χ1) is 8.87. The van der Waals surface area contributed by atoms with Crippen LogP contribution in [0.3, 0.4) is 0 Å². The fourth-order valence-electron chi connectivity index (χ4n) is 2.03. The second-order valence-electron chi connectivity index (χ2n) is 6.30. The highest BCUT2D eigenvalue weighted by molar-refractivity contribution is 7.12. The zero-order valence-corrected chi connectivity index (χ0v) is 12.8. The van der Waals surface area contributed by atoms with E-state index in [9.17, 15) is 0 Å². The van der Waals surface area contributed by atoms with Gasteiger partial charge >= 0.3 is 7.12 Å². The summed E-state index contributed by atoms with van der Waals surface area (Å²) in [6.45, 7) is 8.19. The predicted octanol–water partition coefficient (Wildman–Crippen LogP) is 2.37. The van der Waals surface area contributed by atoms with Gasteiger partial charge in [0, 0.05) is 5.38 Å². The molecule has 0 atom stereocenters. The van der Waals surface area contributed by atoms with E-state index in [-0.39, 0.29) is 18.3 Å². The zero-order chi connectivity index (χ0) is 13.7. The van der Waals surface area contributed by atoms with Crippen molar-refractivity contribution in [1.82, 2.24) is 4.98 Å². The molecule has 2 aliphatic rings. The lowest BCUT2D eigenvalue weighted by atomic mass is 9.86. The molecule has 6 heteroatoms. The van der Waals surface area contributed by atoms with Gasteiger partial charge in [0.05, 0.1) is 16.8 Å². The standard InChI is InChI=1S/C13H20BNO3S/c1-12(2)13(3,4)18-14(17-12)10-8-19-11(15-10)16-9-6-5-7-9/h8-9H,5-7H2,1-4H3. The van der Waals surface area contributed by atoms with Crippen LogP contribution in [0.2, 0.25) is 0 Å². The molecule has 2 fully saturated rings. The molecular weight excluding hydrogens is 261 g/mol. The molecule has 1 aromatic rings. The summed E-state index contributed by atoms with van der Waals surface area (Å²) >= 11 is 1.52. The largest absolute Gasteiger partial charge is 0.515 e. The van der Waals surface area contributed by atoms with Crippen molar-refractivity contribution in [3.63, 3.8) is 0 Å². The van der Waals surface area contributed by atoms with E-state index in [2.05, 4.69) is 4.98 Å². The Morgan fingerprint density at radius 3 is 2.42 bits per heavy atom. The Morgan fingerprint density at radius 1 is 1.26 bits per heavy atom. The number of nitrogens with zero attached hydrogens (tertiary/aromatic N) is 1. The van der Waals surface area contributed by atoms with E-state index in [1.165, 1.54) is 17.8 Å². The summed E-state index contributed by atoms with van der Waals surface area (Å²) in [5, 5.41) is 2.70. The van der Waals surface area contributed by atoms with Gasteiger partial charge in [-0.05, 0) is 47.0 Å². The van der Waals surface area contributed by atoms with Crippen molar-refractivity contribution in [3.8, 4) is 5.19 Å². The van der Waals surface area contributed by atoms with Crippen molar-refractivity contribution in [2.45, 2.75) is 64.3 Å². The molecule has 1 aliphatic carbocycles. The number of thiazole rings is 1. The summed E-state index contributed by atoms with van der Waals surface area (Å²) in [5.74, 6) is 0. The van der Waals surface area contributed by atoms with Crippen LogP contribution in [0.25, 0.3) is 0 Å². The third-order valence-corrected chi connectivity index (χ3v) is 5.06. The molecule has 104 valence electrons. The van der Waals surface area contributed by atoms with Crippen LogP contribution < -0.4 is 10.3 Å². The van der Waals surface area contributed by atoms with Crippen LogP contribution in [0.5, 0.6) is 5.19 Å². The third-order valence-electron chi connectivity index (χ3n) is 4.32. The smallest absolute Gasteiger partial charge is 0.467 e. The average molecular weight is 281 g/mol. The highest BCUT2D eigenvalue weighted by Crippen LogP contribution is 2.36. The number of rotatable bonds is 3. The van der Waals surface area contributed by atoms with Gasteiger partial charge in [-0.3, -0.25) is 0 Å². The monoisotopic (exact) mass is 281 g/mol. The summed E-state index contributed by atoms with van der Waals surface area (Å²) in [6.07, 6.45) is 3.91. The molecule has 0 unspecified atom stereocenters. The molecular formula is C13H20BNO3S. The Balaban J connectivity index is 1.70. The first-order valence-corrected chi connectivity index (χ1v) is 7.73. The predicted molar refractivity (Wildman–Crippen MR) is 76.1 cm³/mol. The lowest BCUT2D eigenvalue weighted by molar-refractivity contribution is 0.00578. The van der Waals surface area contributed by atoms with Crippen LogP contribution in [0.15, 0.2) is 5.38 Å². The lowest BCUT2D eigenvalue weighted by Crippen LogP contribution is -2.41. The molecule has 0 aromatic carbocycles. The third kappa shape index (κ3) is 2.41. The average Bonchev–Trinajstić information content (AvgIpc) is 2.77. The first-order valence-electron chi connectivity index (χ1n) is 6.85. The molecule has 3 rings (SSSR count). The number of hydrogen-bond acceptors (Lipinski definition) is 5. The van der Waals surface area contributed by atoms with Gasteiger partial charge in [0.1, 0.15) is 6.10 Å². The molecule has 0 bridgehead atoms. The summed E-state index contributed by atoms with van der Waals surface area (Å²) in [7, 11) is -0.389.